The van der Waals surface area contributed by atoms with Crippen LogP contribution in [0.4, 0.5) is 5.69 Å². The van der Waals surface area contributed by atoms with E-state index in [9.17, 15) is 4.79 Å². The summed E-state index contributed by atoms with van der Waals surface area (Å²) in [6.45, 7) is 2.07. The van der Waals surface area contributed by atoms with Crippen molar-refractivity contribution in [2.45, 2.75) is 23.6 Å². The van der Waals surface area contributed by atoms with E-state index in [2.05, 4.69) is 0 Å². The van der Waals surface area contributed by atoms with Crippen molar-refractivity contribution in [3.05, 3.63) is 47.0 Å². The van der Waals surface area contributed by atoms with Gasteiger partial charge in [0.25, 0.3) is 0 Å². The number of fused-ring (bicyclic) bond motifs is 1. The molecule has 2 aromatic rings. The maximum absolute atomic E-state index is 12.4. The van der Waals surface area contributed by atoms with Gasteiger partial charge >= 0.3 is 0 Å². The number of amides is 1. The topological polar surface area (TPSA) is 38.8 Å². The van der Waals surface area contributed by atoms with Gasteiger partial charge in [-0.3, -0.25) is 9.69 Å². The van der Waals surface area contributed by atoms with Crippen LogP contribution >= 0.6 is 47.4 Å². The van der Waals surface area contributed by atoms with E-state index >= 15 is 0 Å². The Labute approximate surface area is 179 Å². The Morgan fingerprint density at radius 1 is 1.26 bits per heavy atom. The minimum absolute atomic E-state index is 0. The van der Waals surface area contributed by atoms with Crippen LogP contribution in [0.1, 0.15) is 24.3 Å². The van der Waals surface area contributed by atoms with Gasteiger partial charge in [0, 0.05) is 28.3 Å². The van der Waals surface area contributed by atoms with Crippen molar-refractivity contribution in [1.29, 1.82) is 0 Å². The second kappa shape index (κ2) is 9.78. The predicted octanol–water partition coefficient (Wildman–Crippen LogP) is 5.94. The highest BCUT2D eigenvalue weighted by Crippen LogP contribution is 2.54. The summed E-state index contributed by atoms with van der Waals surface area (Å²) in [4.78, 5) is 15.1. The highest BCUT2D eigenvalue weighted by molar-refractivity contribution is 8.00. The number of benzene rings is 2. The zero-order valence-corrected chi connectivity index (χ0v) is 18.1. The van der Waals surface area contributed by atoms with Crippen molar-refractivity contribution >= 4 is 59.0 Å². The quantitative estimate of drug-likeness (QED) is 0.405. The number of halogens is 3. The van der Waals surface area contributed by atoms with Crippen LogP contribution in [-0.2, 0) is 4.79 Å². The molecule has 0 saturated carbocycles. The van der Waals surface area contributed by atoms with E-state index in [4.69, 9.17) is 32.7 Å². The number of alkyl halides is 1. The zero-order chi connectivity index (χ0) is 18.7. The van der Waals surface area contributed by atoms with Crippen LogP contribution in [0, 0.1) is 0 Å². The number of ether oxygens (including phenoxy) is 2. The van der Waals surface area contributed by atoms with Crippen molar-refractivity contribution in [2.75, 3.05) is 24.5 Å². The Morgan fingerprint density at radius 3 is 2.70 bits per heavy atom. The minimum Gasteiger partial charge on any atom is -0.497 e. The highest BCUT2D eigenvalue weighted by atomic mass is 35.5. The largest absolute Gasteiger partial charge is 0.497 e. The molecule has 0 bridgehead atoms. The van der Waals surface area contributed by atoms with Crippen molar-refractivity contribution in [2.24, 2.45) is 0 Å². The SMILES string of the molecule is COc1ccc(OCCCCl)c(C2Sc3cc(Cl)ccc3N2C(C)=O)c1.Cl. The van der Waals surface area contributed by atoms with Gasteiger partial charge in [0.1, 0.15) is 16.9 Å². The molecule has 1 atom stereocenters. The summed E-state index contributed by atoms with van der Waals surface area (Å²) in [5, 5.41) is 0.395. The van der Waals surface area contributed by atoms with E-state index in [1.165, 1.54) is 0 Å². The van der Waals surface area contributed by atoms with Crippen LogP contribution < -0.4 is 14.4 Å². The van der Waals surface area contributed by atoms with Crippen LogP contribution in [0.25, 0.3) is 0 Å². The van der Waals surface area contributed by atoms with Gasteiger partial charge < -0.3 is 9.47 Å². The monoisotopic (exact) mass is 447 g/mol. The van der Waals surface area contributed by atoms with Gasteiger partial charge in [0.15, 0.2) is 0 Å². The summed E-state index contributed by atoms with van der Waals surface area (Å²) >= 11 is 13.5. The van der Waals surface area contributed by atoms with Gasteiger partial charge in [-0.1, -0.05) is 23.4 Å². The Hall–Kier alpha value is -1.27. The molecular formula is C19H20Cl3NO3S. The van der Waals surface area contributed by atoms with Gasteiger partial charge in [0.05, 0.1) is 19.4 Å². The van der Waals surface area contributed by atoms with Crippen LogP contribution in [0.5, 0.6) is 11.5 Å². The number of nitrogens with zero attached hydrogens (tertiary/aromatic N) is 1. The van der Waals surface area contributed by atoms with Crippen LogP contribution in [0.15, 0.2) is 41.3 Å². The normalized spacial score (nSPS) is 15.1. The summed E-state index contributed by atoms with van der Waals surface area (Å²) in [5.74, 6) is 1.92. The van der Waals surface area contributed by atoms with E-state index in [1.807, 2.05) is 30.3 Å². The van der Waals surface area contributed by atoms with Gasteiger partial charge in [0.2, 0.25) is 5.91 Å². The van der Waals surface area contributed by atoms with E-state index in [0.29, 0.717) is 23.3 Å². The zero-order valence-electron chi connectivity index (χ0n) is 14.9. The molecule has 0 aliphatic carbocycles. The first-order chi connectivity index (χ1) is 12.5. The van der Waals surface area contributed by atoms with Crippen molar-refractivity contribution < 1.29 is 14.3 Å². The van der Waals surface area contributed by atoms with Crippen molar-refractivity contribution in [3.8, 4) is 11.5 Å². The molecule has 4 nitrogen and oxygen atoms in total. The number of thioether (sulfide) groups is 1. The Morgan fingerprint density at radius 2 is 2.04 bits per heavy atom. The molecule has 2 aromatic carbocycles. The first kappa shape index (κ1) is 22.0. The fraction of sp³-hybridized carbons (Fsp3) is 0.316. The molecule has 0 fully saturated rings. The average molecular weight is 449 g/mol. The second-order valence-electron chi connectivity index (χ2n) is 5.77. The predicted molar refractivity (Wildman–Crippen MR) is 114 cm³/mol. The molecule has 0 spiro atoms. The van der Waals surface area contributed by atoms with Crippen LogP contribution in [-0.4, -0.2) is 25.5 Å². The number of carbonyl (C=O) groups excluding carboxylic acids is 1. The summed E-state index contributed by atoms with van der Waals surface area (Å²) in [5.41, 5.74) is 1.73. The number of anilines is 1. The third-order valence-corrected chi connectivity index (χ3v) is 5.78. The minimum atomic E-state index is -0.248. The Bertz CT molecular complexity index is 819. The standard InChI is InChI=1S/C19H19Cl2NO3S.ClH/c1-12(23)22-16-6-4-13(21)10-18(16)26-19(22)15-11-14(24-2)5-7-17(15)25-9-3-8-20;/h4-7,10-11,19H,3,8-9H2,1-2H3;1H. The summed E-state index contributed by atoms with van der Waals surface area (Å²) in [6.07, 6.45) is 0.747. The number of hydrogen-bond donors (Lipinski definition) is 0. The smallest absolute Gasteiger partial charge is 0.225 e. The number of rotatable bonds is 6. The van der Waals surface area contributed by atoms with E-state index < -0.39 is 0 Å². The molecule has 8 heteroatoms. The Kier molecular flexibility index (Phi) is 7.98. The maximum atomic E-state index is 12.4. The van der Waals surface area contributed by atoms with E-state index in [0.717, 1.165) is 28.3 Å². The Balaban J connectivity index is 0.00000261. The molecule has 0 radical (unpaired) electrons. The van der Waals surface area contributed by atoms with Crippen molar-refractivity contribution in [3.63, 3.8) is 0 Å². The second-order valence-corrected chi connectivity index (χ2v) is 7.70. The molecule has 1 aliphatic heterocycles. The van der Waals surface area contributed by atoms with Crippen LogP contribution in [0.2, 0.25) is 5.02 Å². The molecule has 1 amide bonds. The van der Waals surface area contributed by atoms with Crippen molar-refractivity contribution in [1.82, 2.24) is 0 Å². The number of carbonyl (C=O) groups is 1. The maximum Gasteiger partial charge on any atom is 0.225 e. The fourth-order valence-electron chi connectivity index (χ4n) is 2.83. The third kappa shape index (κ3) is 4.77. The molecule has 27 heavy (non-hydrogen) atoms. The molecule has 1 unspecified atom stereocenters. The molecule has 0 aromatic heterocycles. The van der Waals surface area contributed by atoms with E-state index in [-0.39, 0.29) is 23.7 Å². The first-order valence-electron chi connectivity index (χ1n) is 8.18. The molecule has 1 heterocycles. The first-order valence-corrected chi connectivity index (χ1v) is 9.97. The van der Waals surface area contributed by atoms with Crippen LogP contribution in [0.3, 0.4) is 0 Å². The van der Waals surface area contributed by atoms with Gasteiger partial charge in [-0.05, 0) is 42.8 Å². The third-order valence-electron chi connectivity index (χ3n) is 4.01. The molecule has 0 N–H and O–H groups in total. The lowest BCUT2D eigenvalue weighted by Crippen LogP contribution is -2.28. The van der Waals surface area contributed by atoms with Gasteiger partial charge in [-0.25, -0.2) is 0 Å². The number of hydrogen-bond acceptors (Lipinski definition) is 4. The molecule has 1 aliphatic rings. The number of methoxy groups -OCH3 is 1. The highest BCUT2D eigenvalue weighted by Gasteiger charge is 2.36. The summed E-state index contributed by atoms with van der Waals surface area (Å²) < 4.78 is 11.3. The summed E-state index contributed by atoms with van der Waals surface area (Å²) in [7, 11) is 1.62. The molecule has 3 rings (SSSR count). The average Bonchev–Trinajstić information content (AvgIpc) is 3.00. The lowest BCUT2D eigenvalue weighted by Gasteiger charge is -2.25. The summed E-state index contributed by atoms with van der Waals surface area (Å²) in [6, 6.07) is 11.2. The lowest BCUT2D eigenvalue weighted by atomic mass is 10.1. The van der Waals surface area contributed by atoms with Gasteiger partial charge in [-0.2, -0.15) is 0 Å². The molecule has 0 saturated heterocycles. The molecule has 146 valence electrons. The van der Waals surface area contributed by atoms with E-state index in [1.54, 1.807) is 36.8 Å². The molecular weight excluding hydrogens is 429 g/mol. The fourth-order valence-corrected chi connectivity index (χ4v) is 4.58. The lowest BCUT2D eigenvalue weighted by molar-refractivity contribution is -0.116. The van der Waals surface area contributed by atoms with Gasteiger partial charge in [-0.15, -0.1) is 24.0 Å².